The smallest absolute Gasteiger partial charge is 0.340 e. The maximum absolute atomic E-state index is 12.2. The number of nitrogens with zero attached hydrogens (tertiary/aromatic N) is 1. The van der Waals surface area contributed by atoms with Crippen LogP contribution in [-0.2, 0) is 11.3 Å². The molecule has 0 aromatic carbocycles. The van der Waals surface area contributed by atoms with Crippen molar-refractivity contribution in [3.05, 3.63) is 33.2 Å². The monoisotopic (exact) mass is 277 g/mol. The third-order valence-electron chi connectivity index (χ3n) is 4.14. The van der Waals surface area contributed by atoms with Crippen molar-refractivity contribution in [2.75, 3.05) is 6.61 Å². The van der Waals surface area contributed by atoms with Gasteiger partial charge in [-0.3, -0.25) is 4.79 Å². The number of aromatic nitrogens is 1. The Morgan fingerprint density at radius 3 is 2.65 bits per heavy atom. The van der Waals surface area contributed by atoms with Gasteiger partial charge in [0.2, 0.25) is 0 Å². The summed E-state index contributed by atoms with van der Waals surface area (Å²) in [4.78, 5) is 24.2. The van der Waals surface area contributed by atoms with Crippen molar-refractivity contribution < 1.29 is 9.53 Å². The lowest BCUT2D eigenvalue weighted by Gasteiger charge is -2.18. The van der Waals surface area contributed by atoms with Crippen LogP contribution in [0.4, 0.5) is 0 Å². The zero-order valence-corrected chi connectivity index (χ0v) is 12.7. The highest BCUT2D eigenvalue weighted by atomic mass is 16.5. The summed E-state index contributed by atoms with van der Waals surface area (Å²) in [6.07, 6.45) is 2.51. The number of carbonyl (C=O) groups is 1. The SMILES string of the molecule is CCOC(=O)c1c(C)cc(=O)n(CC(C)C2CC2)c1C. The van der Waals surface area contributed by atoms with Gasteiger partial charge in [0.1, 0.15) is 0 Å². The first-order chi connectivity index (χ1) is 9.45. The van der Waals surface area contributed by atoms with Crippen molar-refractivity contribution in [2.45, 2.75) is 47.1 Å². The number of ether oxygens (including phenoxy) is 1. The van der Waals surface area contributed by atoms with E-state index in [0.29, 0.717) is 30.2 Å². The van der Waals surface area contributed by atoms with Crippen molar-refractivity contribution in [3.8, 4) is 0 Å². The quantitative estimate of drug-likeness (QED) is 0.777. The van der Waals surface area contributed by atoms with E-state index in [1.165, 1.54) is 12.8 Å². The zero-order chi connectivity index (χ0) is 14.9. The van der Waals surface area contributed by atoms with Crippen LogP contribution in [0.1, 0.15) is 48.3 Å². The minimum atomic E-state index is -0.338. The van der Waals surface area contributed by atoms with Crippen LogP contribution in [0.25, 0.3) is 0 Å². The predicted octanol–water partition coefficient (Wildman–Crippen LogP) is 2.69. The van der Waals surface area contributed by atoms with Crippen LogP contribution >= 0.6 is 0 Å². The van der Waals surface area contributed by atoms with Gasteiger partial charge in [-0.05, 0) is 51.0 Å². The van der Waals surface area contributed by atoms with E-state index in [1.807, 2.05) is 6.92 Å². The van der Waals surface area contributed by atoms with Gasteiger partial charge in [-0.15, -0.1) is 0 Å². The van der Waals surface area contributed by atoms with E-state index in [0.717, 1.165) is 11.6 Å². The first-order valence-electron chi connectivity index (χ1n) is 7.33. The van der Waals surface area contributed by atoms with Gasteiger partial charge in [0.05, 0.1) is 12.2 Å². The Kier molecular flexibility index (Phi) is 4.31. The lowest BCUT2D eigenvalue weighted by molar-refractivity contribution is 0.0523. The molecule has 4 nitrogen and oxygen atoms in total. The summed E-state index contributed by atoms with van der Waals surface area (Å²) in [7, 11) is 0. The van der Waals surface area contributed by atoms with Crippen LogP contribution in [0.15, 0.2) is 10.9 Å². The van der Waals surface area contributed by atoms with E-state index < -0.39 is 0 Å². The summed E-state index contributed by atoms with van der Waals surface area (Å²) in [6.45, 7) is 8.61. The summed E-state index contributed by atoms with van der Waals surface area (Å²) in [5.41, 5.74) is 1.93. The van der Waals surface area contributed by atoms with Gasteiger partial charge in [0.25, 0.3) is 5.56 Å². The average molecular weight is 277 g/mol. The molecule has 4 heteroatoms. The number of rotatable bonds is 5. The summed E-state index contributed by atoms with van der Waals surface area (Å²) in [5, 5.41) is 0. The molecule has 1 aliphatic rings. The molecule has 2 rings (SSSR count). The van der Waals surface area contributed by atoms with Crippen LogP contribution in [0.5, 0.6) is 0 Å². The molecule has 1 aromatic heterocycles. The molecule has 0 aliphatic heterocycles. The Bertz CT molecular complexity index is 570. The van der Waals surface area contributed by atoms with Gasteiger partial charge in [0.15, 0.2) is 0 Å². The highest BCUT2D eigenvalue weighted by molar-refractivity contribution is 5.92. The fourth-order valence-electron chi connectivity index (χ4n) is 2.76. The number of aryl methyl sites for hydroxylation is 1. The van der Waals surface area contributed by atoms with Crippen molar-refractivity contribution >= 4 is 5.97 Å². The Balaban J connectivity index is 2.38. The normalized spacial score (nSPS) is 16.0. The molecule has 20 heavy (non-hydrogen) atoms. The molecule has 1 saturated carbocycles. The second-order valence-electron chi connectivity index (χ2n) is 5.77. The Morgan fingerprint density at radius 1 is 1.45 bits per heavy atom. The molecule has 1 aromatic rings. The van der Waals surface area contributed by atoms with Gasteiger partial charge in [-0.1, -0.05) is 6.92 Å². The van der Waals surface area contributed by atoms with Crippen molar-refractivity contribution in [1.82, 2.24) is 4.57 Å². The molecule has 0 amide bonds. The molecule has 0 bridgehead atoms. The summed E-state index contributed by atoms with van der Waals surface area (Å²) in [6, 6.07) is 1.54. The van der Waals surface area contributed by atoms with Gasteiger partial charge in [0, 0.05) is 18.3 Å². The predicted molar refractivity (Wildman–Crippen MR) is 78.0 cm³/mol. The first-order valence-corrected chi connectivity index (χ1v) is 7.33. The van der Waals surface area contributed by atoms with E-state index in [9.17, 15) is 9.59 Å². The van der Waals surface area contributed by atoms with E-state index >= 15 is 0 Å². The number of hydrogen-bond acceptors (Lipinski definition) is 3. The van der Waals surface area contributed by atoms with Crippen molar-refractivity contribution in [2.24, 2.45) is 11.8 Å². The molecule has 0 saturated heterocycles. The molecular weight excluding hydrogens is 254 g/mol. The Labute approximate surface area is 119 Å². The largest absolute Gasteiger partial charge is 0.462 e. The van der Waals surface area contributed by atoms with Crippen LogP contribution in [0, 0.1) is 25.7 Å². The Hall–Kier alpha value is -1.58. The molecule has 1 atom stereocenters. The average Bonchev–Trinajstić information content (AvgIpc) is 3.18. The molecule has 1 heterocycles. The Morgan fingerprint density at radius 2 is 2.10 bits per heavy atom. The number of esters is 1. The van der Waals surface area contributed by atoms with E-state index in [2.05, 4.69) is 6.92 Å². The minimum Gasteiger partial charge on any atom is -0.462 e. The molecule has 110 valence electrons. The van der Waals surface area contributed by atoms with Crippen LogP contribution in [0.3, 0.4) is 0 Å². The van der Waals surface area contributed by atoms with Gasteiger partial charge >= 0.3 is 5.97 Å². The van der Waals surface area contributed by atoms with E-state index in [4.69, 9.17) is 4.74 Å². The number of pyridine rings is 1. The maximum Gasteiger partial charge on any atom is 0.340 e. The third-order valence-corrected chi connectivity index (χ3v) is 4.14. The van der Waals surface area contributed by atoms with Crippen molar-refractivity contribution in [1.29, 1.82) is 0 Å². The molecule has 1 unspecified atom stereocenters. The molecule has 0 spiro atoms. The molecule has 0 radical (unpaired) electrons. The summed E-state index contributed by atoms with van der Waals surface area (Å²) >= 11 is 0. The number of carbonyl (C=O) groups excluding carboxylic acids is 1. The van der Waals surface area contributed by atoms with E-state index in [-0.39, 0.29) is 11.5 Å². The second kappa shape index (κ2) is 5.81. The van der Waals surface area contributed by atoms with Crippen molar-refractivity contribution in [3.63, 3.8) is 0 Å². The standard InChI is InChI=1S/C16H23NO3/c1-5-20-16(19)15-10(2)8-14(18)17(12(15)4)9-11(3)13-6-7-13/h8,11,13H,5-7,9H2,1-4H3. The molecule has 0 N–H and O–H groups in total. The summed E-state index contributed by atoms with van der Waals surface area (Å²) < 4.78 is 6.82. The fourth-order valence-corrected chi connectivity index (χ4v) is 2.76. The third kappa shape index (κ3) is 2.94. The maximum atomic E-state index is 12.2. The van der Waals surface area contributed by atoms with Crippen LogP contribution in [0.2, 0.25) is 0 Å². The van der Waals surface area contributed by atoms with Gasteiger partial charge in [-0.25, -0.2) is 4.79 Å². The summed E-state index contributed by atoms with van der Waals surface area (Å²) in [5.74, 6) is 0.869. The molecular formula is C16H23NO3. The first kappa shape index (κ1) is 14.8. The lowest BCUT2D eigenvalue weighted by atomic mass is 10.0. The highest BCUT2D eigenvalue weighted by Crippen LogP contribution is 2.37. The van der Waals surface area contributed by atoms with Gasteiger partial charge < -0.3 is 9.30 Å². The minimum absolute atomic E-state index is 0.0273. The number of hydrogen-bond donors (Lipinski definition) is 0. The molecule has 1 aliphatic carbocycles. The fraction of sp³-hybridized carbons (Fsp3) is 0.625. The van der Waals surface area contributed by atoms with Crippen LogP contribution < -0.4 is 5.56 Å². The second-order valence-corrected chi connectivity index (χ2v) is 5.77. The van der Waals surface area contributed by atoms with Crippen LogP contribution in [-0.4, -0.2) is 17.1 Å². The highest BCUT2D eigenvalue weighted by Gasteiger charge is 2.29. The topological polar surface area (TPSA) is 48.3 Å². The zero-order valence-electron chi connectivity index (χ0n) is 12.7. The molecule has 1 fully saturated rings. The van der Waals surface area contributed by atoms with E-state index in [1.54, 1.807) is 24.5 Å². The lowest BCUT2D eigenvalue weighted by Crippen LogP contribution is -2.28. The van der Waals surface area contributed by atoms with Gasteiger partial charge in [-0.2, -0.15) is 0 Å².